The Morgan fingerprint density at radius 3 is 2.10 bits per heavy atom. The van der Waals surface area contributed by atoms with E-state index in [1.807, 2.05) is 0 Å². The van der Waals surface area contributed by atoms with Crippen LogP contribution in [0.4, 0.5) is 0 Å². The molecule has 0 aliphatic carbocycles. The molecule has 0 rings (SSSR count). The van der Waals surface area contributed by atoms with Crippen molar-refractivity contribution in [3.63, 3.8) is 0 Å². The molecule has 0 aliphatic heterocycles. The van der Waals surface area contributed by atoms with Crippen LogP contribution in [0.3, 0.4) is 0 Å². The topological polar surface area (TPSA) is 87.6 Å². The first-order valence-electron chi connectivity index (χ1n) is 2.47. The maximum atomic E-state index is 10.3. The predicted octanol–water partition coefficient (Wildman–Crippen LogP) is -0.116. The highest BCUT2D eigenvalue weighted by Gasteiger charge is 2.13. The number of methoxy groups -OCH3 is 1. The van der Waals surface area contributed by atoms with E-state index < -0.39 is 11.9 Å². The molecule has 0 aromatic heterocycles. The van der Waals surface area contributed by atoms with Crippen molar-refractivity contribution in [1.82, 2.24) is 6.15 Å². The summed E-state index contributed by atoms with van der Waals surface area (Å²) in [4.78, 5) is 20.5. The van der Waals surface area contributed by atoms with Gasteiger partial charge in [-0.05, 0) is 6.92 Å². The van der Waals surface area contributed by atoms with E-state index in [2.05, 4.69) is 9.47 Å². The second-order valence-electron chi connectivity index (χ2n) is 1.21. The fourth-order valence-corrected chi connectivity index (χ4v) is 0.273. The van der Waals surface area contributed by atoms with Crippen molar-refractivity contribution in [2.75, 3.05) is 13.7 Å². The molecule has 3 N–H and O–H groups in total. The van der Waals surface area contributed by atoms with Crippen molar-refractivity contribution in [3.05, 3.63) is 0 Å². The number of hydrogen-bond donors (Lipinski definition) is 1. The Bertz CT molecular complexity index is 123. The molecule has 5 heteroatoms. The molecule has 0 radical (unpaired) electrons. The monoisotopic (exact) mass is 149 g/mol. The van der Waals surface area contributed by atoms with Crippen LogP contribution in [0.25, 0.3) is 0 Å². The predicted molar refractivity (Wildman–Crippen MR) is 33.7 cm³/mol. The van der Waals surface area contributed by atoms with Gasteiger partial charge in [-0.1, -0.05) is 0 Å². The average Bonchev–Trinajstić information content (AvgIpc) is 1.87. The first-order chi connectivity index (χ1) is 4.22. The summed E-state index contributed by atoms with van der Waals surface area (Å²) in [5, 5.41) is 0. The van der Waals surface area contributed by atoms with Crippen molar-refractivity contribution in [1.29, 1.82) is 0 Å². The second kappa shape index (κ2) is 6.03. The van der Waals surface area contributed by atoms with Crippen LogP contribution in [0, 0.1) is 0 Å². The highest BCUT2D eigenvalue weighted by Crippen LogP contribution is 1.79. The standard InChI is InChI=1S/C5H8O4.H3N/c1-3-9-5(7)4(6)8-2;/h3H2,1-2H3;1H3. The van der Waals surface area contributed by atoms with E-state index in [1.165, 1.54) is 0 Å². The summed E-state index contributed by atoms with van der Waals surface area (Å²) in [6.45, 7) is 1.80. The maximum Gasteiger partial charge on any atom is 0.417 e. The molecule has 0 saturated heterocycles. The average molecular weight is 149 g/mol. The molecule has 10 heavy (non-hydrogen) atoms. The van der Waals surface area contributed by atoms with E-state index in [1.54, 1.807) is 6.92 Å². The Labute approximate surface area is 58.9 Å². The fraction of sp³-hybridized carbons (Fsp3) is 0.600. The van der Waals surface area contributed by atoms with Gasteiger partial charge in [0.2, 0.25) is 0 Å². The number of esters is 2. The minimum Gasteiger partial charge on any atom is -0.461 e. The molecule has 0 amide bonds. The highest BCUT2D eigenvalue weighted by molar-refractivity contribution is 6.29. The Morgan fingerprint density at radius 2 is 1.80 bits per heavy atom. The number of carbonyl (C=O) groups excluding carboxylic acids is 2. The number of rotatable bonds is 1. The summed E-state index contributed by atoms with van der Waals surface area (Å²) < 4.78 is 8.33. The van der Waals surface area contributed by atoms with Gasteiger partial charge in [0.05, 0.1) is 13.7 Å². The SMILES string of the molecule is CCOC(=O)C(=O)OC.N. The smallest absolute Gasteiger partial charge is 0.417 e. The van der Waals surface area contributed by atoms with E-state index in [9.17, 15) is 9.59 Å². The third-order valence-electron chi connectivity index (χ3n) is 0.627. The van der Waals surface area contributed by atoms with Crippen LogP contribution in [0.2, 0.25) is 0 Å². The lowest BCUT2D eigenvalue weighted by molar-refractivity contribution is -0.165. The molecular formula is C5H11NO4. The van der Waals surface area contributed by atoms with Crippen molar-refractivity contribution in [3.8, 4) is 0 Å². The summed E-state index contributed by atoms with van der Waals surface area (Å²) in [5.74, 6) is -1.91. The summed E-state index contributed by atoms with van der Waals surface area (Å²) in [5.41, 5.74) is 0. The molecule has 0 fully saturated rings. The minimum atomic E-state index is -0.961. The Balaban J connectivity index is 0. The molecule has 0 heterocycles. The molecule has 0 aromatic rings. The zero-order valence-electron chi connectivity index (χ0n) is 6.05. The normalized spacial score (nSPS) is 7.40. The van der Waals surface area contributed by atoms with E-state index in [-0.39, 0.29) is 12.8 Å². The molecule has 0 aliphatic rings. The van der Waals surface area contributed by atoms with Gasteiger partial charge in [0.1, 0.15) is 0 Å². The fourth-order valence-electron chi connectivity index (χ4n) is 0.273. The van der Waals surface area contributed by atoms with Crippen LogP contribution >= 0.6 is 0 Å². The molecule has 0 spiro atoms. The van der Waals surface area contributed by atoms with Gasteiger partial charge in [0, 0.05) is 0 Å². The van der Waals surface area contributed by atoms with Crippen LogP contribution in [0.15, 0.2) is 0 Å². The van der Waals surface area contributed by atoms with E-state index >= 15 is 0 Å². The van der Waals surface area contributed by atoms with Crippen molar-refractivity contribution < 1.29 is 19.1 Å². The first-order valence-corrected chi connectivity index (χ1v) is 2.47. The highest BCUT2D eigenvalue weighted by atomic mass is 16.6. The van der Waals surface area contributed by atoms with Gasteiger partial charge in [-0.2, -0.15) is 0 Å². The van der Waals surface area contributed by atoms with Gasteiger partial charge < -0.3 is 15.6 Å². The number of hydrogen-bond acceptors (Lipinski definition) is 5. The van der Waals surface area contributed by atoms with Crippen molar-refractivity contribution in [2.45, 2.75) is 6.92 Å². The third-order valence-corrected chi connectivity index (χ3v) is 0.627. The maximum absolute atomic E-state index is 10.3. The lowest BCUT2D eigenvalue weighted by atomic mass is 10.7. The van der Waals surface area contributed by atoms with Crippen molar-refractivity contribution in [2.24, 2.45) is 0 Å². The van der Waals surface area contributed by atoms with Crippen molar-refractivity contribution >= 4 is 11.9 Å². The molecule has 60 valence electrons. The summed E-state index contributed by atoms with van der Waals surface area (Å²) >= 11 is 0. The molecule has 0 atom stereocenters. The van der Waals surface area contributed by atoms with E-state index in [0.717, 1.165) is 7.11 Å². The lowest BCUT2D eigenvalue weighted by Crippen LogP contribution is -2.18. The summed E-state index contributed by atoms with van der Waals surface area (Å²) in [6, 6.07) is 0. The number of ether oxygens (including phenoxy) is 2. The first kappa shape index (κ1) is 11.7. The summed E-state index contributed by atoms with van der Waals surface area (Å²) in [6.07, 6.45) is 0. The van der Waals surface area contributed by atoms with Crippen LogP contribution in [-0.4, -0.2) is 25.7 Å². The zero-order chi connectivity index (χ0) is 7.28. The van der Waals surface area contributed by atoms with Gasteiger partial charge in [0.15, 0.2) is 0 Å². The molecule has 0 bridgehead atoms. The quantitative estimate of drug-likeness (QED) is 0.415. The Morgan fingerprint density at radius 1 is 1.30 bits per heavy atom. The van der Waals surface area contributed by atoms with Gasteiger partial charge in [-0.3, -0.25) is 0 Å². The van der Waals surface area contributed by atoms with Gasteiger partial charge in [-0.25, -0.2) is 9.59 Å². The lowest BCUT2D eigenvalue weighted by Gasteiger charge is -1.96. The number of carbonyl (C=O) groups is 2. The second-order valence-corrected chi connectivity index (χ2v) is 1.21. The summed E-state index contributed by atoms with van der Waals surface area (Å²) in [7, 11) is 1.12. The largest absolute Gasteiger partial charge is 0.461 e. The minimum absolute atomic E-state index is 0. The third kappa shape index (κ3) is 3.85. The van der Waals surface area contributed by atoms with E-state index in [4.69, 9.17) is 0 Å². The molecular weight excluding hydrogens is 138 g/mol. The van der Waals surface area contributed by atoms with Gasteiger partial charge in [-0.15, -0.1) is 0 Å². The molecule has 0 aromatic carbocycles. The van der Waals surface area contributed by atoms with Crippen LogP contribution < -0.4 is 6.15 Å². The van der Waals surface area contributed by atoms with Gasteiger partial charge >= 0.3 is 11.9 Å². The van der Waals surface area contributed by atoms with Crippen LogP contribution in [0.1, 0.15) is 6.92 Å². The molecule has 0 unspecified atom stereocenters. The zero-order valence-corrected chi connectivity index (χ0v) is 6.05. The Kier molecular flexibility index (Phi) is 7.03. The van der Waals surface area contributed by atoms with E-state index in [0.29, 0.717) is 0 Å². The molecule has 0 saturated carbocycles. The van der Waals surface area contributed by atoms with Crippen LogP contribution in [0.5, 0.6) is 0 Å². The molecule has 5 nitrogen and oxygen atoms in total. The Hall–Kier alpha value is -1.10. The van der Waals surface area contributed by atoms with Gasteiger partial charge in [0.25, 0.3) is 0 Å². The van der Waals surface area contributed by atoms with Crippen LogP contribution in [-0.2, 0) is 19.1 Å².